The maximum absolute atomic E-state index is 12.4. The average molecular weight is 448 g/mol. The molecule has 3 aromatic carbocycles. The monoisotopic (exact) mass is 447 g/mol. The van der Waals surface area contributed by atoms with Crippen LogP contribution in [0, 0.1) is 6.92 Å². The van der Waals surface area contributed by atoms with Crippen molar-refractivity contribution in [1.82, 2.24) is 4.98 Å². The van der Waals surface area contributed by atoms with Gasteiger partial charge in [0, 0.05) is 22.1 Å². The molecule has 1 heterocycles. The van der Waals surface area contributed by atoms with E-state index in [9.17, 15) is 9.59 Å². The second kappa shape index (κ2) is 9.76. The molecule has 0 aliphatic rings. The van der Waals surface area contributed by atoms with Crippen LogP contribution in [0.1, 0.15) is 11.3 Å². The van der Waals surface area contributed by atoms with Crippen LogP contribution in [0.2, 0.25) is 0 Å². The topological polar surface area (TPSA) is 71.1 Å². The minimum absolute atomic E-state index is 0.0876. The van der Waals surface area contributed by atoms with E-state index in [1.807, 2.05) is 79.0 Å². The Morgan fingerprint density at radius 2 is 1.61 bits per heavy atom. The van der Waals surface area contributed by atoms with Gasteiger partial charge in [-0.05, 0) is 30.0 Å². The molecular weight excluding hydrogens is 426 g/mol. The highest BCUT2D eigenvalue weighted by Crippen LogP contribution is 2.26. The molecule has 0 saturated carbocycles. The van der Waals surface area contributed by atoms with Crippen LogP contribution in [0.3, 0.4) is 0 Å². The van der Waals surface area contributed by atoms with Crippen LogP contribution in [0.5, 0.6) is 0 Å². The quantitative estimate of drug-likeness (QED) is 0.366. The molecule has 0 bridgehead atoms. The molecule has 2 N–H and O–H groups in total. The highest BCUT2D eigenvalue weighted by molar-refractivity contribution is 8.01. The SMILES string of the molecule is Cc1ccccc1NC(=O)Cc1csc(SCC(=O)Nc2cccc3ccccc23)n1. The van der Waals surface area contributed by atoms with Crippen molar-refractivity contribution in [3.05, 3.63) is 83.4 Å². The number of hydrogen-bond donors (Lipinski definition) is 2. The number of thiazole rings is 1. The van der Waals surface area contributed by atoms with Crippen molar-refractivity contribution < 1.29 is 9.59 Å². The largest absolute Gasteiger partial charge is 0.326 e. The highest BCUT2D eigenvalue weighted by atomic mass is 32.2. The van der Waals surface area contributed by atoms with E-state index in [1.165, 1.54) is 23.1 Å². The lowest BCUT2D eigenvalue weighted by molar-refractivity contribution is -0.116. The summed E-state index contributed by atoms with van der Waals surface area (Å²) in [6.07, 6.45) is 0.202. The molecule has 0 aliphatic carbocycles. The molecule has 0 atom stereocenters. The average Bonchev–Trinajstić information content (AvgIpc) is 3.21. The van der Waals surface area contributed by atoms with E-state index >= 15 is 0 Å². The summed E-state index contributed by atoms with van der Waals surface area (Å²) in [5.74, 6) is 0.0613. The van der Waals surface area contributed by atoms with Gasteiger partial charge in [0.1, 0.15) is 0 Å². The lowest BCUT2D eigenvalue weighted by atomic mass is 10.1. The Morgan fingerprint density at radius 3 is 2.48 bits per heavy atom. The van der Waals surface area contributed by atoms with Crippen molar-refractivity contribution in [2.45, 2.75) is 17.7 Å². The van der Waals surface area contributed by atoms with E-state index < -0.39 is 0 Å². The number of hydrogen-bond acceptors (Lipinski definition) is 5. The first-order chi connectivity index (χ1) is 15.1. The van der Waals surface area contributed by atoms with Crippen LogP contribution in [0.15, 0.2) is 76.4 Å². The van der Waals surface area contributed by atoms with Crippen LogP contribution in [-0.2, 0) is 16.0 Å². The number of carbonyl (C=O) groups is 2. The summed E-state index contributed by atoms with van der Waals surface area (Å²) in [7, 11) is 0. The molecule has 1 aromatic heterocycles. The van der Waals surface area contributed by atoms with Crippen molar-refractivity contribution in [3.63, 3.8) is 0 Å². The fourth-order valence-electron chi connectivity index (χ4n) is 3.16. The van der Waals surface area contributed by atoms with E-state index in [2.05, 4.69) is 15.6 Å². The van der Waals surface area contributed by atoms with Crippen LogP contribution >= 0.6 is 23.1 Å². The number of para-hydroxylation sites is 1. The smallest absolute Gasteiger partial charge is 0.234 e. The van der Waals surface area contributed by atoms with Gasteiger partial charge in [0.15, 0.2) is 4.34 Å². The number of carbonyl (C=O) groups excluding carboxylic acids is 2. The zero-order chi connectivity index (χ0) is 21.6. The molecule has 4 rings (SSSR count). The number of fused-ring (bicyclic) bond motifs is 1. The van der Waals surface area contributed by atoms with Gasteiger partial charge in [0.2, 0.25) is 11.8 Å². The summed E-state index contributed by atoms with van der Waals surface area (Å²) < 4.78 is 0.770. The van der Waals surface area contributed by atoms with Crippen LogP contribution in [0.25, 0.3) is 10.8 Å². The van der Waals surface area contributed by atoms with Crippen molar-refractivity contribution in [2.75, 3.05) is 16.4 Å². The number of rotatable bonds is 7. The second-order valence-corrected chi connectivity index (χ2v) is 9.09. The van der Waals surface area contributed by atoms with E-state index in [0.29, 0.717) is 5.69 Å². The Bertz CT molecular complexity index is 1230. The number of aromatic nitrogens is 1. The molecule has 0 unspecified atom stereocenters. The molecule has 0 spiro atoms. The predicted octanol–water partition coefficient (Wildman–Crippen LogP) is 5.52. The molecule has 0 saturated heterocycles. The lowest BCUT2D eigenvalue weighted by Crippen LogP contribution is -2.15. The maximum Gasteiger partial charge on any atom is 0.234 e. The van der Waals surface area contributed by atoms with Gasteiger partial charge in [0.25, 0.3) is 0 Å². The number of aryl methyl sites for hydroxylation is 1. The molecule has 5 nitrogen and oxygen atoms in total. The highest BCUT2D eigenvalue weighted by Gasteiger charge is 2.12. The van der Waals surface area contributed by atoms with Gasteiger partial charge in [-0.25, -0.2) is 4.98 Å². The molecule has 4 aromatic rings. The normalized spacial score (nSPS) is 10.7. The summed E-state index contributed by atoms with van der Waals surface area (Å²) in [4.78, 5) is 29.2. The Hall–Kier alpha value is -3.16. The number of thioether (sulfide) groups is 1. The number of nitrogens with one attached hydrogen (secondary N) is 2. The Kier molecular flexibility index (Phi) is 6.64. The molecule has 156 valence electrons. The Labute approximate surface area is 188 Å². The van der Waals surface area contributed by atoms with Gasteiger partial charge in [-0.2, -0.15) is 0 Å². The summed E-state index contributed by atoms with van der Waals surface area (Å²) in [5.41, 5.74) is 3.33. The van der Waals surface area contributed by atoms with Gasteiger partial charge in [0.05, 0.1) is 17.9 Å². The van der Waals surface area contributed by atoms with Crippen LogP contribution in [-0.4, -0.2) is 22.6 Å². The Balaban J connectivity index is 1.30. The van der Waals surface area contributed by atoms with Gasteiger partial charge in [-0.15, -0.1) is 11.3 Å². The zero-order valence-electron chi connectivity index (χ0n) is 16.9. The summed E-state index contributed by atoms with van der Waals surface area (Å²) >= 11 is 2.81. The van der Waals surface area contributed by atoms with Gasteiger partial charge in [-0.1, -0.05) is 66.4 Å². The molecular formula is C24H21N3O2S2. The molecule has 2 amide bonds. The summed E-state index contributed by atoms with van der Waals surface area (Å²) in [6.45, 7) is 1.95. The number of anilines is 2. The van der Waals surface area contributed by atoms with Crippen LogP contribution in [0.4, 0.5) is 11.4 Å². The number of nitrogens with zero attached hydrogens (tertiary/aromatic N) is 1. The van der Waals surface area contributed by atoms with Gasteiger partial charge in [-0.3, -0.25) is 9.59 Å². The third-order valence-corrected chi connectivity index (χ3v) is 6.75. The van der Waals surface area contributed by atoms with E-state index in [1.54, 1.807) is 0 Å². The van der Waals surface area contributed by atoms with Crippen molar-refractivity contribution >= 4 is 57.1 Å². The standard InChI is InChI=1S/C24H21N3O2S2/c1-16-7-2-5-11-20(16)26-22(28)13-18-14-30-24(25-18)31-15-23(29)27-21-12-6-9-17-8-3-4-10-19(17)21/h2-12,14H,13,15H2,1H3,(H,26,28)(H,27,29). The van der Waals surface area contributed by atoms with Crippen molar-refractivity contribution in [1.29, 1.82) is 0 Å². The van der Waals surface area contributed by atoms with Gasteiger partial charge < -0.3 is 10.6 Å². The van der Waals surface area contributed by atoms with Gasteiger partial charge >= 0.3 is 0 Å². The minimum atomic E-state index is -0.107. The Morgan fingerprint density at radius 1 is 0.903 bits per heavy atom. The number of benzene rings is 3. The molecule has 0 fully saturated rings. The van der Waals surface area contributed by atoms with Crippen molar-refractivity contribution in [2.24, 2.45) is 0 Å². The fourth-order valence-corrected chi connectivity index (χ4v) is 4.80. The number of amides is 2. The zero-order valence-corrected chi connectivity index (χ0v) is 18.6. The van der Waals surface area contributed by atoms with Crippen molar-refractivity contribution in [3.8, 4) is 0 Å². The third-order valence-electron chi connectivity index (χ3n) is 4.68. The molecule has 31 heavy (non-hydrogen) atoms. The lowest BCUT2D eigenvalue weighted by Gasteiger charge is -2.08. The second-order valence-electron chi connectivity index (χ2n) is 7.01. The first kappa shape index (κ1) is 21.1. The molecule has 0 aliphatic heterocycles. The summed E-state index contributed by atoms with van der Waals surface area (Å²) in [6, 6.07) is 21.5. The fraction of sp³-hybridized carbons (Fsp3) is 0.125. The predicted molar refractivity (Wildman–Crippen MR) is 129 cm³/mol. The van der Waals surface area contributed by atoms with Crippen LogP contribution < -0.4 is 10.6 Å². The van der Waals surface area contributed by atoms with E-state index in [0.717, 1.165) is 32.1 Å². The summed E-state index contributed by atoms with van der Waals surface area (Å²) in [5, 5.41) is 9.86. The molecule has 7 heteroatoms. The van der Waals surface area contributed by atoms with E-state index in [4.69, 9.17) is 0 Å². The van der Waals surface area contributed by atoms with E-state index in [-0.39, 0.29) is 24.0 Å². The first-order valence-electron chi connectivity index (χ1n) is 9.79. The molecule has 0 radical (unpaired) electrons. The minimum Gasteiger partial charge on any atom is -0.326 e. The third kappa shape index (κ3) is 5.51. The maximum atomic E-state index is 12.4. The first-order valence-corrected chi connectivity index (χ1v) is 11.7.